The SMILES string of the molecule is CN(C)Cc1cccc(CN2CC(=O)Nc3ccc(C(=O)NO)cc3C2)c1. The third-order valence-electron chi connectivity index (χ3n) is 4.40. The molecule has 1 aliphatic rings. The number of hydroxylamine groups is 1. The van der Waals surface area contributed by atoms with Crippen LogP contribution in [0.2, 0.25) is 0 Å². The average Bonchev–Trinajstić information content (AvgIpc) is 2.77. The van der Waals surface area contributed by atoms with Crippen LogP contribution < -0.4 is 10.8 Å². The molecule has 0 atom stereocenters. The van der Waals surface area contributed by atoms with Gasteiger partial charge in [0.1, 0.15) is 0 Å². The van der Waals surface area contributed by atoms with E-state index in [2.05, 4.69) is 28.4 Å². The van der Waals surface area contributed by atoms with Gasteiger partial charge in [-0.3, -0.25) is 19.7 Å². The number of hydrogen-bond acceptors (Lipinski definition) is 5. The molecule has 1 heterocycles. The van der Waals surface area contributed by atoms with Crippen LogP contribution in [0.25, 0.3) is 0 Å². The van der Waals surface area contributed by atoms with Gasteiger partial charge in [-0.2, -0.15) is 0 Å². The van der Waals surface area contributed by atoms with Crippen LogP contribution >= 0.6 is 0 Å². The number of fused-ring (bicyclic) bond motifs is 1. The number of amides is 2. The van der Waals surface area contributed by atoms with Crippen molar-refractivity contribution >= 4 is 17.5 Å². The van der Waals surface area contributed by atoms with E-state index in [9.17, 15) is 9.59 Å². The van der Waals surface area contributed by atoms with E-state index in [0.717, 1.165) is 17.7 Å². The lowest BCUT2D eigenvalue weighted by atomic mass is 10.1. The van der Waals surface area contributed by atoms with Crippen LogP contribution in [-0.2, 0) is 24.4 Å². The molecule has 7 nitrogen and oxygen atoms in total. The molecule has 0 unspecified atom stereocenters. The predicted octanol–water partition coefficient (Wildman–Crippen LogP) is 1.82. The molecule has 0 saturated carbocycles. The maximum absolute atomic E-state index is 12.3. The molecule has 0 aliphatic carbocycles. The van der Waals surface area contributed by atoms with E-state index in [1.807, 2.05) is 25.1 Å². The number of anilines is 1. The molecule has 7 heteroatoms. The summed E-state index contributed by atoms with van der Waals surface area (Å²) in [7, 11) is 4.06. The van der Waals surface area contributed by atoms with Gasteiger partial charge in [-0.05, 0) is 49.0 Å². The summed E-state index contributed by atoms with van der Waals surface area (Å²) in [6, 6.07) is 13.3. The van der Waals surface area contributed by atoms with Crippen LogP contribution in [0.15, 0.2) is 42.5 Å². The summed E-state index contributed by atoms with van der Waals surface area (Å²) < 4.78 is 0. The van der Waals surface area contributed by atoms with Crippen LogP contribution in [0.3, 0.4) is 0 Å². The Kier molecular flexibility index (Phi) is 5.85. The van der Waals surface area contributed by atoms with Crippen molar-refractivity contribution in [2.45, 2.75) is 19.6 Å². The molecular weight excluding hydrogens is 344 g/mol. The first-order valence-corrected chi connectivity index (χ1v) is 8.76. The Morgan fingerprint density at radius 1 is 1.19 bits per heavy atom. The van der Waals surface area contributed by atoms with Crippen molar-refractivity contribution in [2.75, 3.05) is 26.0 Å². The molecule has 1 aliphatic heterocycles. The Bertz CT molecular complexity index is 851. The Morgan fingerprint density at radius 3 is 2.70 bits per heavy atom. The first-order chi connectivity index (χ1) is 12.9. The number of rotatable bonds is 5. The highest BCUT2D eigenvalue weighted by Gasteiger charge is 2.20. The first kappa shape index (κ1) is 19.0. The fourth-order valence-corrected chi connectivity index (χ4v) is 3.30. The van der Waals surface area contributed by atoms with Crippen molar-refractivity contribution in [3.05, 3.63) is 64.7 Å². The lowest BCUT2D eigenvalue weighted by Crippen LogP contribution is -2.29. The van der Waals surface area contributed by atoms with Gasteiger partial charge >= 0.3 is 0 Å². The van der Waals surface area contributed by atoms with Crippen molar-refractivity contribution in [1.29, 1.82) is 0 Å². The third-order valence-corrected chi connectivity index (χ3v) is 4.40. The summed E-state index contributed by atoms with van der Waals surface area (Å²) in [5.74, 6) is -0.658. The third kappa shape index (κ3) is 4.91. The minimum absolute atomic E-state index is 0.0856. The second-order valence-corrected chi connectivity index (χ2v) is 7.06. The standard InChI is InChI=1S/C20H24N4O3/c1-23(2)10-14-4-3-5-15(8-14)11-24-12-17-9-16(20(26)22-27)6-7-18(17)21-19(25)13-24/h3-9,27H,10-13H2,1-2H3,(H,21,25)(H,22,26). The molecule has 0 spiro atoms. The lowest BCUT2D eigenvalue weighted by molar-refractivity contribution is -0.117. The molecule has 0 aromatic heterocycles. The number of nitrogens with one attached hydrogen (secondary N) is 2. The number of hydrogen-bond donors (Lipinski definition) is 3. The van der Waals surface area contributed by atoms with Crippen LogP contribution in [0.4, 0.5) is 5.69 Å². The van der Waals surface area contributed by atoms with Gasteiger partial charge in [0.15, 0.2) is 0 Å². The Labute approximate surface area is 158 Å². The summed E-state index contributed by atoms with van der Waals surface area (Å²) in [6.45, 7) is 2.29. The zero-order valence-electron chi connectivity index (χ0n) is 15.5. The zero-order chi connectivity index (χ0) is 19.4. The molecule has 2 amide bonds. The summed E-state index contributed by atoms with van der Waals surface area (Å²) in [5.41, 5.74) is 5.88. The van der Waals surface area contributed by atoms with Crippen LogP contribution in [0.1, 0.15) is 27.0 Å². The molecule has 3 N–H and O–H groups in total. The highest BCUT2D eigenvalue weighted by atomic mass is 16.5. The molecule has 2 aromatic rings. The minimum Gasteiger partial charge on any atom is -0.325 e. The summed E-state index contributed by atoms with van der Waals surface area (Å²) in [4.78, 5) is 28.1. The van der Waals surface area contributed by atoms with E-state index in [-0.39, 0.29) is 12.5 Å². The molecule has 0 bridgehead atoms. The quantitative estimate of drug-likeness (QED) is 0.554. The Balaban J connectivity index is 1.81. The topological polar surface area (TPSA) is 84.9 Å². The maximum Gasteiger partial charge on any atom is 0.274 e. The molecule has 0 saturated heterocycles. The highest BCUT2D eigenvalue weighted by molar-refractivity contribution is 5.97. The van der Waals surface area contributed by atoms with Gasteiger partial charge in [0.2, 0.25) is 5.91 Å². The number of carbonyl (C=O) groups is 2. The average molecular weight is 368 g/mol. The van der Waals surface area contributed by atoms with Crippen molar-refractivity contribution in [3.63, 3.8) is 0 Å². The van der Waals surface area contributed by atoms with E-state index < -0.39 is 5.91 Å². The fraction of sp³-hybridized carbons (Fsp3) is 0.300. The van der Waals surface area contributed by atoms with Gasteiger partial charge in [0.05, 0.1) is 6.54 Å². The van der Waals surface area contributed by atoms with Gasteiger partial charge in [-0.15, -0.1) is 0 Å². The fourth-order valence-electron chi connectivity index (χ4n) is 3.30. The van der Waals surface area contributed by atoms with Crippen molar-refractivity contribution in [3.8, 4) is 0 Å². The van der Waals surface area contributed by atoms with Gasteiger partial charge < -0.3 is 10.2 Å². The second kappa shape index (κ2) is 8.30. The minimum atomic E-state index is -0.573. The molecule has 142 valence electrons. The zero-order valence-corrected chi connectivity index (χ0v) is 15.5. The van der Waals surface area contributed by atoms with E-state index >= 15 is 0 Å². The van der Waals surface area contributed by atoms with Crippen LogP contribution in [0.5, 0.6) is 0 Å². The van der Waals surface area contributed by atoms with Crippen LogP contribution in [0, 0.1) is 0 Å². The lowest BCUT2D eigenvalue weighted by Gasteiger charge is -2.20. The summed E-state index contributed by atoms with van der Waals surface area (Å²) >= 11 is 0. The van der Waals surface area contributed by atoms with Crippen molar-refractivity contribution in [2.24, 2.45) is 0 Å². The van der Waals surface area contributed by atoms with Gasteiger partial charge in [0.25, 0.3) is 5.91 Å². The van der Waals surface area contributed by atoms with Crippen LogP contribution in [-0.4, -0.2) is 47.5 Å². The van der Waals surface area contributed by atoms with E-state index in [1.165, 1.54) is 5.56 Å². The van der Waals surface area contributed by atoms with E-state index in [1.54, 1.807) is 23.7 Å². The monoisotopic (exact) mass is 368 g/mol. The Hall–Kier alpha value is -2.74. The Morgan fingerprint density at radius 2 is 1.96 bits per heavy atom. The molecular formula is C20H24N4O3. The molecule has 0 fully saturated rings. The van der Waals surface area contributed by atoms with Gasteiger partial charge in [0, 0.05) is 30.9 Å². The molecule has 3 rings (SSSR count). The molecule has 2 aromatic carbocycles. The smallest absolute Gasteiger partial charge is 0.274 e. The number of benzene rings is 2. The predicted molar refractivity (Wildman–Crippen MR) is 102 cm³/mol. The normalized spacial score (nSPS) is 14.4. The number of nitrogens with zero attached hydrogens (tertiary/aromatic N) is 2. The summed E-state index contributed by atoms with van der Waals surface area (Å²) in [6.07, 6.45) is 0. The highest BCUT2D eigenvalue weighted by Crippen LogP contribution is 2.23. The molecule has 27 heavy (non-hydrogen) atoms. The van der Waals surface area contributed by atoms with E-state index in [0.29, 0.717) is 24.3 Å². The largest absolute Gasteiger partial charge is 0.325 e. The number of carbonyl (C=O) groups excluding carboxylic acids is 2. The van der Waals surface area contributed by atoms with Gasteiger partial charge in [-0.25, -0.2) is 5.48 Å². The van der Waals surface area contributed by atoms with E-state index in [4.69, 9.17) is 5.21 Å². The second-order valence-electron chi connectivity index (χ2n) is 7.06. The van der Waals surface area contributed by atoms with Gasteiger partial charge in [-0.1, -0.05) is 24.3 Å². The first-order valence-electron chi connectivity index (χ1n) is 8.76. The molecule has 0 radical (unpaired) electrons. The summed E-state index contributed by atoms with van der Waals surface area (Å²) in [5, 5.41) is 11.7. The van der Waals surface area contributed by atoms with Crippen molar-refractivity contribution < 1.29 is 14.8 Å². The maximum atomic E-state index is 12.3. The van der Waals surface area contributed by atoms with Crippen molar-refractivity contribution in [1.82, 2.24) is 15.3 Å².